The summed E-state index contributed by atoms with van der Waals surface area (Å²) in [6, 6.07) is 12.3. The van der Waals surface area contributed by atoms with Gasteiger partial charge in [-0.3, -0.25) is 9.78 Å². The van der Waals surface area contributed by atoms with E-state index in [1.54, 1.807) is 12.4 Å². The molecule has 1 unspecified atom stereocenters. The number of amides is 1. The third-order valence-electron chi connectivity index (χ3n) is 7.22. The smallest absolute Gasteiger partial charge is 0.250 e. The van der Waals surface area contributed by atoms with E-state index in [9.17, 15) is 4.79 Å². The second-order valence-corrected chi connectivity index (χ2v) is 9.96. The molecule has 0 radical (unpaired) electrons. The zero-order valence-electron chi connectivity index (χ0n) is 20.0. The van der Waals surface area contributed by atoms with Crippen molar-refractivity contribution in [1.29, 1.82) is 0 Å². The topological polar surface area (TPSA) is 96.6 Å². The summed E-state index contributed by atoms with van der Waals surface area (Å²) in [5, 5.41) is 20.0. The van der Waals surface area contributed by atoms with Crippen LogP contribution in [0.2, 0.25) is 0 Å². The molecule has 3 aliphatic rings. The van der Waals surface area contributed by atoms with Crippen molar-refractivity contribution in [3.63, 3.8) is 0 Å². The summed E-state index contributed by atoms with van der Waals surface area (Å²) in [5.74, 6) is -0.0355. The first kappa shape index (κ1) is 21.5. The highest BCUT2D eigenvalue weighted by atomic mass is 16.2. The Balaban J connectivity index is 1.49. The lowest BCUT2D eigenvalue weighted by Gasteiger charge is -2.48. The van der Waals surface area contributed by atoms with Gasteiger partial charge in [-0.1, -0.05) is 25.1 Å². The monoisotopic (exact) mass is 465 g/mol. The van der Waals surface area contributed by atoms with Crippen LogP contribution in [-0.4, -0.2) is 32.4 Å². The quantitative estimate of drug-likeness (QED) is 0.596. The molecule has 176 valence electrons. The maximum atomic E-state index is 13.6. The summed E-state index contributed by atoms with van der Waals surface area (Å²) in [6.07, 6.45) is 10.4. The number of carbonyl (C=O) groups is 1. The minimum absolute atomic E-state index is 0.0355. The van der Waals surface area contributed by atoms with E-state index in [2.05, 4.69) is 62.1 Å². The molecule has 6 rings (SSSR count). The minimum atomic E-state index is -0.620. The summed E-state index contributed by atoms with van der Waals surface area (Å²) < 4.78 is 1.82. The number of pyridine rings is 1. The predicted octanol–water partition coefficient (Wildman–Crippen LogP) is 4.41. The van der Waals surface area contributed by atoms with Crippen molar-refractivity contribution in [2.24, 2.45) is 10.2 Å². The van der Waals surface area contributed by atoms with Gasteiger partial charge in [0.2, 0.25) is 0 Å². The summed E-state index contributed by atoms with van der Waals surface area (Å²) in [6.45, 7) is 6.23. The van der Waals surface area contributed by atoms with Crippen LogP contribution in [0.1, 0.15) is 39.2 Å². The number of nitrogens with one attached hydrogen (secondary N) is 2. The average Bonchev–Trinajstić information content (AvgIpc) is 3.53. The zero-order chi connectivity index (χ0) is 24.2. The van der Waals surface area contributed by atoms with Crippen LogP contribution in [0.4, 0.5) is 0 Å². The molecule has 0 fully saturated rings. The number of hydrogen-bond acceptors (Lipinski definition) is 6. The first-order chi connectivity index (χ1) is 16.9. The standard InChI is InChI=1S/C27H27N7O/c1-4-27(21-15-29-33-24(21)31-22-12-26(2,3)32-25(35)23(22)27)19-8-5-7-17(11-19)18-13-30-34(16-18)20-9-6-10-28-14-20/h5-11,13-16,24,31H,4,12H2,1-3H3,(H,32,35)/t24?,27-/m1/s1. The Morgan fingerprint density at radius 3 is 2.83 bits per heavy atom. The number of hydrogen-bond donors (Lipinski definition) is 2. The van der Waals surface area contributed by atoms with Gasteiger partial charge in [0.1, 0.15) is 0 Å². The molecule has 35 heavy (non-hydrogen) atoms. The molecule has 8 nitrogen and oxygen atoms in total. The lowest BCUT2D eigenvalue weighted by Crippen LogP contribution is -2.58. The Hall–Kier alpha value is -4.07. The molecule has 0 bridgehead atoms. The van der Waals surface area contributed by atoms with Crippen LogP contribution in [0.25, 0.3) is 16.8 Å². The van der Waals surface area contributed by atoms with Crippen LogP contribution >= 0.6 is 0 Å². The molecule has 2 N–H and O–H groups in total. The number of fused-ring (bicyclic) bond motifs is 1. The number of azo groups is 1. The van der Waals surface area contributed by atoms with E-state index in [1.807, 2.05) is 49.3 Å². The Morgan fingerprint density at radius 2 is 2.03 bits per heavy atom. The number of carbonyl (C=O) groups excluding carboxylic acids is 1. The fourth-order valence-corrected chi connectivity index (χ4v) is 5.67. The molecule has 0 saturated carbocycles. The fourth-order valence-electron chi connectivity index (χ4n) is 5.67. The van der Waals surface area contributed by atoms with Gasteiger partial charge >= 0.3 is 0 Å². The second-order valence-electron chi connectivity index (χ2n) is 9.96. The normalized spacial score (nSPS) is 24.4. The Bertz CT molecular complexity index is 1420. The van der Waals surface area contributed by atoms with Crippen molar-refractivity contribution in [3.05, 3.63) is 89.8 Å². The number of aromatic nitrogens is 3. The lowest BCUT2D eigenvalue weighted by atomic mass is 9.62. The number of rotatable bonds is 4. The highest BCUT2D eigenvalue weighted by Gasteiger charge is 2.53. The van der Waals surface area contributed by atoms with Crippen LogP contribution in [0, 0.1) is 0 Å². The van der Waals surface area contributed by atoms with Crippen molar-refractivity contribution >= 4 is 5.91 Å². The summed E-state index contributed by atoms with van der Waals surface area (Å²) in [5.41, 5.74) is 5.77. The van der Waals surface area contributed by atoms with Gasteiger partial charge in [0.05, 0.1) is 35.3 Å². The zero-order valence-corrected chi connectivity index (χ0v) is 20.0. The van der Waals surface area contributed by atoms with Gasteiger partial charge in [-0.2, -0.15) is 15.3 Å². The first-order valence-electron chi connectivity index (χ1n) is 11.9. The maximum absolute atomic E-state index is 13.6. The van der Waals surface area contributed by atoms with Gasteiger partial charge < -0.3 is 10.6 Å². The van der Waals surface area contributed by atoms with Crippen molar-refractivity contribution in [3.8, 4) is 16.8 Å². The highest BCUT2D eigenvalue weighted by molar-refractivity contribution is 6.00. The lowest BCUT2D eigenvalue weighted by molar-refractivity contribution is -0.120. The van der Waals surface area contributed by atoms with E-state index in [-0.39, 0.29) is 17.6 Å². The van der Waals surface area contributed by atoms with Gasteiger partial charge in [0.15, 0.2) is 6.17 Å². The largest absolute Gasteiger partial charge is 0.362 e. The highest BCUT2D eigenvalue weighted by Crippen LogP contribution is 2.51. The van der Waals surface area contributed by atoms with E-state index in [0.29, 0.717) is 12.8 Å². The summed E-state index contributed by atoms with van der Waals surface area (Å²) in [4.78, 5) is 17.8. The molecule has 3 aromatic rings. The van der Waals surface area contributed by atoms with E-state index < -0.39 is 5.41 Å². The Morgan fingerprint density at radius 1 is 1.14 bits per heavy atom. The Labute approximate surface area is 203 Å². The molecule has 2 aromatic heterocycles. The minimum Gasteiger partial charge on any atom is -0.362 e. The molecule has 2 atom stereocenters. The number of nitrogens with zero attached hydrogens (tertiary/aromatic N) is 5. The van der Waals surface area contributed by atoms with Gasteiger partial charge in [0.25, 0.3) is 5.91 Å². The third-order valence-corrected chi connectivity index (χ3v) is 7.22. The molecule has 1 amide bonds. The summed E-state index contributed by atoms with van der Waals surface area (Å²) in [7, 11) is 0. The van der Waals surface area contributed by atoms with E-state index in [4.69, 9.17) is 0 Å². The van der Waals surface area contributed by atoms with Crippen LogP contribution in [0.3, 0.4) is 0 Å². The maximum Gasteiger partial charge on any atom is 0.250 e. The van der Waals surface area contributed by atoms with E-state index in [0.717, 1.165) is 39.2 Å². The van der Waals surface area contributed by atoms with Crippen LogP contribution in [0.15, 0.2) is 94.5 Å². The van der Waals surface area contributed by atoms with Gasteiger partial charge in [-0.05, 0) is 49.6 Å². The molecule has 8 heteroatoms. The van der Waals surface area contributed by atoms with Gasteiger partial charge in [-0.15, -0.1) is 0 Å². The van der Waals surface area contributed by atoms with Crippen molar-refractivity contribution in [2.45, 2.75) is 50.7 Å². The van der Waals surface area contributed by atoms with Crippen molar-refractivity contribution in [1.82, 2.24) is 25.4 Å². The number of benzene rings is 1. The molecular formula is C27H27N7O. The summed E-state index contributed by atoms with van der Waals surface area (Å²) >= 11 is 0. The molecule has 5 heterocycles. The van der Waals surface area contributed by atoms with E-state index >= 15 is 0 Å². The molecule has 1 aromatic carbocycles. The van der Waals surface area contributed by atoms with E-state index in [1.165, 1.54) is 0 Å². The average molecular weight is 466 g/mol. The molecule has 0 aliphatic carbocycles. The van der Waals surface area contributed by atoms with Crippen LogP contribution in [-0.2, 0) is 10.2 Å². The van der Waals surface area contributed by atoms with Crippen molar-refractivity contribution < 1.29 is 4.79 Å². The molecule has 0 spiro atoms. The van der Waals surface area contributed by atoms with Crippen molar-refractivity contribution in [2.75, 3.05) is 0 Å². The molecule has 3 aliphatic heterocycles. The molecule has 0 saturated heterocycles. The SMILES string of the molecule is CC[C@@]1(c2cccc(-c3cnn(-c4cccnc4)c3)c2)C2=CN=NC2NC2=C1C(=O)NC(C)(C)C2. The fraction of sp³-hybridized carbons (Fsp3) is 0.296. The molecular weight excluding hydrogens is 438 g/mol. The predicted molar refractivity (Wildman–Crippen MR) is 132 cm³/mol. The van der Waals surface area contributed by atoms with Crippen LogP contribution < -0.4 is 10.6 Å². The van der Waals surface area contributed by atoms with Gasteiger partial charge in [-0.25, -0.2) is 4.68 Å². The second kappa shape index (κ2) is 7.73. The van der Waals surface area contributed by atoms with Crippen LogP contribution in [0.5, 0.6) is 0 Å². The Kier molecular flexibility index (Phi) is 4.74. The third kappa shape index (κ3) is 3.31. The first-order valence-corrected chi connectivity index (χ1v) is 11.9. The van der Waals surface area contributed by atoms with Gasteiger partial charge in [0, 0.05) is 41.2 Å².